The molecule has 0 saturated carbocycles. The smallest absolute Gasteiger partial charge is 0.251 e. The first-order chi connectivity index (χ1) is 8.67. The molecule has 1 amide bonds. The molecule has 0 bridgehead atoms. The highest BCUT2D eigenvalue weighted by Gasteiger charge is 2.30. The summed E-state index contributed by atoms with van der Waals surface area (Å²) in [4.78, 5) is 11.9. The van der Waals surface area contributed by atoms with Crippen LogP contribution < -0.4 is 5.32 Å². The molecule has 0 aliphatic carbocycles. The molecule has 1 aromatic carbocycles. The maximum atomic E-state index is 11.9. The molecule has 0 aliphatic rings. The molecule has 0 aromatic heterocycles. The van der Waals surface area contributed by atoms with Gasteiger partial charge in [0.2, 0.25) is 0 Å². The van der Waals surface area contributed by atoms with Gasteiger partial charge in [0, 0.05) is 24.2 Å². The van der Waals surface area contributed by atoms with Crippen LogP contribution in [0.2, 0.25) is 0 Å². The van der Waals surface area contributed by atoms with Crippen LogP contribution in [0.3, 0.4) is 0 Å². The van der Waals surface area contributed by atoms with Crippen molar-refractivity contribution >= 4 is 27.3 Å². The molecule has 0 saturated heterocycles. The predicted molar refractivity (Wildman–Crippen MR) is 77.3 cm³/mol. The van der Waals surface area contributed by atoms with Crippen molar-refractivity contribution in [3.63, 3.8) is 0 Å². The van der Waals surface area contributed by atoms with Crippen molar-refractivity contribution in [1.29, 1.82) is 0 Å². The minimum Gasteiger partial charge on any atom is -0.350 e. The summed E-state index contributed by atoms with van der Waals surface area (Å²) >= 11 is 5.66. The molecule has 1 aromatic rings. The van der Waals surface area contributed by atoms with Gasteiger partial charge in [-0.2, -0.15) is 0 Å². The number of nitrogens with one attached hydrogen (secondary N) is 1. The largest absolute Gasteiger partial charge is 0.350 e. The SMILES string of the molecule is CC(C)(CNC(=O)c1ccc(CCl)cc1)S(C)(=O)=O. The number of halogens is 1. The van der Waals surface area contributed by atoms with Gasteiger partial charge in [0.15, 0.2) is 9.84 Å². The van der Waals surface area contributed by atoms with Crippen molar-refractivity contribution < 1.29 is 13.2 Å². The number of sulfone groups is 1. The van der Waals surface area contributed by atoms with E-state index in [0.717, 1.165) is 11.8 Å². The monoisotopic (exact) mass is 303 g/mol. The fourth-order valence-electron chi connectivity index (χ4n) is 1.27. The Kier molecular flexibility index (Phi) is 4.98. The molecule has 1 N–H and O–H groups in total. The molecule has 0 spiro atoms. The summed E-state index contributed by atoms with van der Waals surface area (Å²) in [7, 11) is -3.22. The molecule has 0 unspecified atom stereocenters. The van der Waals surface area contributed by atoms with Gasteiger partial charge in [-0.25, -0.2) is 8.42 Å². The highest BCUT2D eigenvalue weighted by molar-refractivity contribution is 7.92. The van der Waals surface area contributed by atoms with Gasteiger partial charge in [-0.3, -0.25) is 4.79 Å². The molecular weight excluding hydrogens is 286 g/mol. The van der Waals surface area contributed by atoms with E-state index >= 15 is 0 Å². The van der Waals surface area contributed by atoms with Crippen molar-refractivity contribution in [3.05, 3.63) is 35.4 Å². The Balaban J connectivity index is 2.70. The van der Waals surface area contributed by atoms with Crippen molar-refractivity contribution in [2.45, 2.75) is 24.5 Å². The number of rotatable bonds is 5. The van der Waals surface area contributed by atoms with Crippen molar-refractivity contribution in [1.82, 2.24) is 5.32 Å². The van der Waals surface area contributed by atoms with Crippen LogP contribution in [0.25, 0.3) is 0 Å². The Labute approximate surface area is 119 Å². The maximum Gasteiger partial charge on any atom is 0.251 e. The first-order valence-corrected chi connectivity index (χ1v) is 8.23. The lowest BCUT2D eigenvalue weighted by Crippen LogP contribution is -2.43. The lowest BCUT2D eigenvalue weighted by molar-refractivity contribution is 0.0950. The van der Waals surface area contributed by atoms with E-state index in [-0.39, 0.29) is 12.5 Å². The van der Waals surface area contributed by atoms with Gasteiger partial charge >= 0.3 is 0 Å². The zero-order valence-electron chi connectivity index (χ0n) is 11.2. The van der Waals surface area contributed by atoms with E-state index in [2.05, 4.69) is 5.32 Å². The topological polar surface area (TPSA) is 63.2 Å². The average Bonchev–Trinajstić information content (AvgIpc) is 2.35. The Hall–Kier alpha value is -1.07. The number of benzene rings is 1. The lowest BCUT2D eigenvalue weighted by atomic mass is 10.1. The van der Waals surface area contributed by atoms with E-state index in [1.807, 2.05) is 0 Å². The second-order valence-corrected chi connectivity index (χ2v) is 7.96. The van der Waals surface area contributed by atoms with Gasteiger partial charge in [-0.05, 0) is 31.5 Å². The van der Waals surface area contributed by atoms with Crippen LogP contribution in [-0.2, 0) is 15.7 Å². The van der Waals surface area contributed by atoms with Crippen LogP contribution in [0.15, 0.2) is 24.3 Å². The van der Waals surface area contributed by atoms with E-state index < -0.39 is 14.6 Å². The molecule has 0 heterocycles. The summed E-state index contributed by atoms with van der Waals surface area (Å²) in [6, 6.07) is 6.87. The fraction of sp³-hybridized carbons (Fsp3) is 0.462. The van der Waals surface area contributed by atoms with Crippen LogP contribution in [0.5, 0.6) is 0 Å². The molecule has 4 nitrogen and oxygen atoms in total. The van der Waals surface area contributed by atoms with Crippen LogP contribution in [-0.4, -0.2) is 31.9 Å². The first-order valence-electron chi connectivity index (χ1n) is 5.80. The number of amides is 1. The second kappa shape index (κ2) is 5.92. The van der Waals surface area contributed by atoms with E-state index in [4.69, 9.17) is 11.6 Å². The van der Waals surface area contributed by atoms with E-state index in [1.165, 1.54) is 0 Å². The minimum atomic E-state index is -3.22. The van der Waals surface area contributed by atoms with Gasteiger partial charge < -0.3 is 5.32 Å². The van der Waals surface area contributed by atoms with Gasteiger partial charge in [0.05, 0.1) is 4.75 Å². The van der Waals surface area contributed by atoms with E-state index in [9.17, 15) is 13.2 Å². The predicted octanol–water partition coefficient (Wildman–Crippen LogP) is 1.98. The number of alkyl halides is 1. The summed E-state index contributed by atoms with van der Waals surface area (Å²) in [6.45, 7) is 3.24. The number of hydrogen-bond donors (Lipinski definition) is 1. The Morgan fingerprint density at radius 2 is 1.79 bits per heavy atom. The number of carbonyl (C=O) groups is 1. The lowest BCUT2D eigenvalue weighted by Gasteiger charge is -2.22. The van der Waals surface area contributed by atoms with Crippen LogP contribution >= 0.6 is 11.6 Å². The zero-order valence-corrected chi connectivity index (χ0v) is 12.8. The molecule has 0 radical (unpaired) electrons. The Bertz CT molecular complexity index is 550. The normalized spacial score (nSPS) is 12.2. The van der Waals surface area contributed by atoms with Crippen LogP contribution in [0.4, 0.5) is 0 Å². The van der Waals surface area contributed by atoms with Crippen LogP contribution in [0.1, 0.15) is 29.8 Å². The highest BCUT2D eigenvalue weighted by Crippen LogP contribution is 2.14. The third kappa shape index (κ3) is 4.21. The Morgan fingerprint density at radius 1 is 1.26 bits per heavy atom. The average molecular weight is 304 g/mol. The molecule has 106 valence electrons. The molecule has 0 fully saturated rings. The third-order valence-electron chi connectivity index (χ3n) is 3.05. The molecule has 6 heteroatoms. The first kappa shape index (κ1) is 16.0. The molecular formula is C13H18ClNO3S. The standard InChI is InChI=1S/C13H18ClNO3S/c1-13(2,19(3,17)18)9-15-12(16)11-6-4-10(8-14)5-7-11/h4-7H,8-9H2,1-3H3,(H,15,16). The van der Waals surface area contributed by atoms with Crippen molar-refractivity contribution in [2.24, 2.45) is 0 Å². The van der Waals surface area contributed by atoms with Crippen molar-refractivity contribution in [2.75, 3.05) is 12.8 Å². The second-order valence-electron chi connectivity index (χ2n) is 5.05. The van der Waals surface area contributed by atoms with Gasteiger partial charge in [-0.15, -0.1) is 11.6 Å². The molecule has 1 rings (SSSR count). The van der Waals surface area contributed by atoms with Crippen molar-refractivity contribution in [3.8, 4) is 0 Å². The quantitative estimate of drug-likeness (QED) is 0.846. The van der Waals surface area contributed by atoms with Gasteiger partial charge in [0.25, 0.3) is 5.91 Å². The molecule has 0 aliphatic heterocycles. The fourth-order valence-corrected chi connectivity index (χ4v) is 1.78. The summed E-state index contributed by atoms with van der Waals surface area (Å²) in [5.74, 6) is 0.0982. The summed E-state index contributed by atoms with van der Waals surface area (Å²) in [5.41, 5.74) is 1.41. The zero-order chi connectivity index (χ0) is 14.7. The Morgan fingerprint density at radius 3 is 2.21 bits per heavy atom. The number of carbonyl (C=O) groups excluding carboxylic acids is 1. The maximum absolute atomic E-state index is 11.9. The molecule has 0 atom stereocenters. The van der Waals surface area contributed by atoms with E-state index in [0.29, 0.717) is 11.4 Å². The summed E-state index contributed by atoms with van der Waals surface area (Å²) < 4.78 is 22.1. The summed E-state index contributed by atoms with van der Waals surface area (Å²) in [6.07, 6.45) is 1.16. The van der Waals surface area contributed by atoms with E-state index in [1.54, 1.807) is 38.1 Å². The van der Waals surface area contributed by atoms with Gasteiger partial charge in [-0.1, -0.05) is 12.1 Å². The van der Waals surface area contributed by atoms with Crippen LogP contribution in [0, 0.1) is 0 Å². The summed E-state index contributed by atoms with van der Waals surface area (Å²) in [5, 5.41) is 2.63. The third-order valence-corrected chi connectivity index (χ3v) is 5.51. The highest BCUT2D eigenvalue weighted by atomic mass is 35.5. The van der Waals surface area contributed by atoms with Gasteiger partial charge in [0.1, 0.15) is 0 Å². The minimum absolute atomic E-state index is 0.0714. The number of hydrogen-bond acceptors (Lipinski definition) is 3. The molecule has 19 heavy (non-hydrogen) atoms.